The first-order chi connectivity index (χ1) is 8.76. The van der Waals surface area contributed by atoms with Crippen LogP contribution in [0.25, 0.3) is 0 Å². The van der Waals surface area contributed by atoms with Crippen LogP contribution in [0.4, 0.5) is 5.82 Å². The molecule has 0 saturated heterocycles. The first kappa shape index (κ1) is 15.0. The summed E-state index contributed by atoms with van der Waals surface area (Å²) in [7, 11) is 2.18. The Kier molecular flexibility index (Phi) is 7.42. The molecule has 0 bridgehead atoms. The summed E-state index contributed by atoms with van der Waals surface area (Å²) < 4.78 is 0. The Morgan fingerprint density at radius 3 is 2.61 bits per heavy atom. The molecule has 3 heteroatoms. The number of hydrogen-bond donors (Lipinski definition) is 1. The Morgan fingerprint density at radius 2 is 2.00 bits per heavy atom. The van der Waals surface area contributed by atoms with Gasteiger partial charge in [0.05, 0.1) is 0 Å². The normalized spacial score (nSPS) is 10.9. The second-order valence-corrected chi connectivity index (χ2v) is 4.92. The van der Waals surface area contributed by atoms with Gasteiger partial charge < -0.3 is 10.2 Å². The molecule has 0 aliphatic heterocycles. The third-order valence-electron chi connectivity index (χ3n) is 2.98. The lowest BCUT2D eigenvalue weighted by Gasteiger charge is -2.16. The summed E-state index contributed by atoms with van der Waals surface area (Å²) in [6.45, 7) is 7.55. The van der Waals surface area contributed by atoms with Gasteiger partial charge in [0.25, 0.3) is 0 Å². The van der Waals surface area contributed by atoms with Crippen molar-refractivity contribution in [2.75, 3.05) is 25.5 Å². The summed E-state index contributed by atoms with van der Waals surface area (Å²) in [5.41, 5.74) is 1.29. The van der Waals surface area contributed by atoms with Crippen LogP contribution in [0.15, 0.2) is 18.3 Å². The predicted octanol–water partition coefficient (Wildman–Crippen LogP) is 3.53. The highest BCUT2D eigenvalue weighted by Crippen LogP contribution is 2.08. The number of anilines is 1. The summed E-state index contributed by atoms with van der Waals surface area (Å²) in [4.78, 5) is 6.79. The van der Waals surface area contributed by atoms with Gasteiger partial charge in [0.15, 0.2) is 0 Å². The van der Waals surface area contributed by atoms with Crippen molar-refractivity contribution in [1.29, 1.82) is 0 Å². The molecule has 0 saturated carbocycles. The quantitative estimate of drug-likeness (QED) is 0.679. The number of unbranched alkanes of at least 4 members (excludes halogenated alkanes) is 2. The molecule has 102 valence electrons. The minimum absolute atomic E-state index is 0.981. The fourth-order valence-electron chi connectivity index (χ4n) is 1.90. The lowest BCUT2D eigenvalue weighted by molar-refractivity contribution is 0.318. The van der Waals surface area contributed by atoms with Gasteiger partial charge in [-0.1, -0.05) is 32.8 Å². The Hall–Kier alpha value is -1.09. The van der Waals surface area contributed by atoms with Crippen molar-refractivity contribution >= 4 is 5.82 Å². The molecule has 0 spiro atoms. The van der Waals surface area contributed by atoms with Crippen LogP contribution in [0, 0.1) is 0 Å². The summed E-state index contributed by atoms with van der Waals surface area (Å²) in [6.07, 6.45) is 7.00. The van der Waals surface area contributed by atoms with Gasteiger partial charge in [-0.15, -0.1) is 0 Å². The van der Waals surface area contributed by atoms with Crippen LogP contribution in [0.2, 0.25) is 0 Å². The van der Waals surface area contributed by atoms with E-state index < -0.39 is 0 Å². The molecule has 0 aliphatic rings. The molecule has 18 heavy (non-hydrogen) atoms. The van der Waals surface area contributed by atoms with Crippen LogP contribution in [-0.2, 0) is 6.54 Å². The molecule has 3 nitrogen and oxygen atoms in total. The van der Waals surface area contributed by atoms with E-state index in [4.69, 9.17) is 0 Å². The van der Waals surface area contributed by atoms with Gasteiger partial charge >= 0.3 is 0 Å². The largest absolute Gasteiger partial charge is 0.370 e. The molecule has 1 rings (SSSR count). The SMILES string of the molecule is CCCCCN(C)Cc1ccc(NCCC)nc1. The van der Waals surface area contributed by atoms with E-state index in [0.717, 1.165) is 25.3 Å². The average molecular weight is 249 g/mol. The van der Waals surface area contributed by atoms with Crippen LogP contribution < -0.4 is 5.32 Å². The zero-order chi connectivity index (χ0) is 13.2. The molecule has 0 aliphatic carbocycles. The molecule has 1 aromatic rings. The summed E-state index contributed by atoms with van der Waals surface area (Å²) >= 11 is 0. The first-order valence-electron chi connectivity index (χ1n) is 7.13. The zero-order valence-corrected chi connectivity index (χ0v) is 12.1. The molecule has 0 atom stereocenters. The lowest BCUT2D eigenvalue weighted by Crippen LogP contribution is -2.19. The molecular weight excluding hydrogens is 222 g/mol. The molecule has 0 unspecified atom stereocenters. The van der Waals surface area contributed by atoms with E-state index in [1.165, 1.54) is 31.4 Å². The molecular formula is C15H27N3. The standard InChI is InChI=1S/C15H27N3/c1-4-6-7-11-18(3)13-14-8-9-15(17-12-14)16-10-5-2/h8-9,12H,4-7,10-11,13H2,1-3H3,(H,16,17). The molecule has 0 fully saturated rings. The molecule has 1 aromatic heterocycles. The highest BCUT2D eigenvalue weighted by atomic mass is 15.1. The van der Waals surface area contributed by atoms with Crippen molar-refractivity contribution in [3.05, 3.63) is 23.9 Å². The van der Waals surface area contributed by atoms with Gasteiger partial charge in [0.2, 0.25) is 0 Å². The second kappa shape index (κ2) is 8.92. The average Bonchev–Trinajstić information content (AvgIpc) is 2.38. The summed E-state index contributed by atoms with van der Waals surface area (Å²) in [6, 6.07) is 4.24. The third kappa shape index (κ3) is 6.01. The monoisotopic (exact) mass is 249 g/mol. The molecule has 0 amide bonds. The van der Waals surface area contributed by atoms with E-state index in [1.54, 1.807) is 0 Å². The molecule has 0 radical (unpaired) electrons. The number of hydrogen-bond acceptors (Lipinski definition) is 3. The highest BCUT2D eigenvalue weighted by Gasteiger charge is 2.01. The number of pyridine rings is 1. The van der Waals surface area contributed by atoms with Crippen LogP contribution in [0.3, 0.4) is 0 Å². The van der Waals surface area contributed by atoms with E-state index in [9.17, 15) is 0 Å². The van der Waals surface area contributed by atoms with E-state index in [2.05, 4.69) is 48.2 Å². The van der Waals surface area contributed by atoms with E-state index in [-0.39, 0.29) is 0 Å². The van der Waals surface area contributed by atoms with Gasteiger partial charge in [0.1, 0.15) is 5.82 Å². The Labute approximate surface area is 112 Å². The van der Waals surface area contributed by atoms with Crippen LogP contribution >= 0.6 is 0 Å². The van der Waals surface area contributed by atoms with Crippen LogP contribution in [0.1, 0.15) is 45.1 Å². The Morgan fingerprint density at radius 1 is 1.17 bits per heavy atom. The van der Waals surface area contributed by atoms with Gasteiger partial charge in [-0.25, -0.2) is 4.98 Å². The van der Waals surface area contributed by atoms with Crippen molar-refractivity contribution in [2.45, 2.75) is 46.1 Å². The summed E-state index contributed by atoms with van der Waals surface area (Å²) in [5.74, 6) is 0.981. The van der Waals surface area contributed by atoms with Crippen LogP contribution in [-0.4, -0.2) is 30.0 Å². The fourth-order valence-corrected chi connectivity index (χ4v) is 1.90. The maximum atomic E-state index is 4.43. The maximum Gasteiger partial charge on any atom is 0.125 e. The molecule has 0 aromatic carbocycles. The van der Waals surface area contributed by atoms with Crippen molar-refractivity contribution in [2.24, 2.45) is 0 Å². The fraction of sp³-hybridized carbons (Fsp3) is 0.667. The van der Waals surface area contributed by atoms with Gasteiger partial charge in [-0.05, 0) is 38.1 Å². The summed E-state index contributed by atoms with van der Waals surface area (Å²) in [5, 5.41) is 3.29. The Bertz CT molecular complexity index is 308. The topological polar surface area (TPSA) is 28.2 Å². The highest BCUT2D eigenvalue weighted by molar-refractivity contribution is 5.35. The number of aromatic nitrogens is 1. The first-order valence-corrected chi connectivity index (χ1v) is 7.13. The predicted molar refractivity (Wildman–Crippen MR) is 78.9 cm³/mol. The van der Waals surface area contributed by atoms with Gasteiger partial charge in [0, 0.05) is 19.3 Å². The molecule has 1 heterocycles. The number of nitrogens with one attached hydrogen (secondary N) is 1. The van der Waals surface area contributed by atoms with Crippen molar-refractivity contribution < 1.29 is 0 Å². The second-order valence-electron chi connectivity index (χ2n) is 4.92. The lowest BCUT2D eigenvalue weighted by atomic mass is 10.2. The smallest absolute Gasteiger partial charge is 0.125 e. The maximum absolute atomic E-state index is 4.43. The third-order valence-corrected chi connectivity index (χ3v) is 2.98. The van der Waals surface area contributed by atoms with Crippen molar-refractivity contribution in [1.82, 2.24) is 9.88 Å². The van der Waals surface area contributed by atoms with E-state index >= 15 is 0 Å². The molecule has 1 N–H and O–H groups in total. The van der Waals surface area contributed by atoms with Gasteiger partial charge in [-0.3, -0.25) is 0 Å². The van der Waals surface area contributed by atoms with Crippen molar-refractivity contribution in [3.8, 4) is 0 Å². The van der Waals surface area contributed by atoms with Crippen LogP contribution in [0.5, 0.6) is 0 Å². The Balaban J connectivity index is 2.33. The minimum atomic E-state index is 0.981. The van der Waals surface area contributed by atoms with E-state index in [0.29, 0.717) is 0 Å². The number of nitrogens with zero attached hydrogens (tertiary/aromatic N) is 2. The van der Waals surface area contributed by atoms with Gasteiger partial charge in [-0.2, -0.15) is 0 Å². The zero-order valence-electron chi connectivity index (χ0n) is 12.1. The van der Waals surface area contributed by atoms with E-state index in [1.807, 2.05) is 6.20 Å². The van der Waals surface area contributed by atoms with Crippen molar-refractivity contribution in [3.63, 3.8) is 0 Å². The number of rotatable bonds is 9. The minimum Gasteiger partial charge on any atom is -0.370 e.